The molecule has 0 radical (unpaired) electrons. The highest BCUT2D eigenvalue weighted by Gasteiger charge is 2.29. The molecule has 1 saturated heterocycles. The van der Waals surface area contributed by atoms with Crippen molar-refractivity contribution in [3.63, 3.8) is 0 Å². The van der Waals surface area contributed by atoms with Crippen molar-refractivity contribution in [3.8, 4) is 0 Å². The molecule has 1 atom stereocenters. The van der Waals surface area contributed by atoms with Crippen LogP contribution in [0.5, 0.6) is 0 Å². The molecule has 0 bridgehead atoms. The molecule has 0 amide bonds. The first-order chi connectivity index (χ1) is 6.49. The van der Waals surface area contributed by atoms with Crippen LogP contribution in [0.3, 0.4) is 0 Å². The minimum atomic E-state index is -2.69. The predicted octanol–water partition coefficient (Wildman–Crippen LogP) is -2.73. The second-order valence-corrected chi connectivity index (χ2v) is 6.73. The Hall–Kier alpha value is -0.130. The summed E-state index contributed by atoms with van der Waals surface area (Å²) in [7, 11) is 1.59. The van der Waals surface area contributed by atoms with E-state index >= 15 is 0 Å². The summed E-state index contributed by atoms with van der Waals surface area (Å²) in [6, 6.07) is 0.331. The average molecular weight is 222 g/mol. The van der Waals surface area contributed by atoms with Crippen molar-refractivity contribution in [2.24, 2.45) is 0 Å². The lowest BCUT2D eigenvalue weighted by Crippen LogP contribution is -3.06. The molecule has 1 heterocycles. The van der Waals surface area contributed by atoms with E-state index in [0.29, 0.717) is 17.5 Å². The zero-order valence-electron chi connectivity index (χ0n) is 9.12. The second kappa shape index (κ2) is 5.09. The fourth-order valence-corrected chi connectivity index (χ4v) is 3.60. The van der Waals surface area contributed by atoms with Gasteiger partial charge in [0.15, 0.2) is 9.84 Å². The molecule has 0 aromatic heterocycles. The third-order valence-electron chi connectivity index (χ3n) is 2.65. The molecular formula is C9H22N2O2S+2. The van der Waals surface area contributed by atoms with E-state index in [-0.39, 0.29) is 0 Å². The van der Waals surface area contributed by atoms with Gasteiger partial charge < -0.3 is 10.2 Å². The monoisotopic (exact) mass is 222 g/mol. The Bertz CT molecular complexity index is 262. The van der Waals surface area contributed by atoms with Gasteiger partial charge in [0.2, 0.25) is 0 Å². The smallest absolute Gasteiger partial charge is 0.156 e. The van der Waals surface area contributed by atoms with Crippen molar-refractivity contribution in [3.05, 3.63) is 0 Å². The van der Waals surface area contributed by atoms with Crippen molar-refractivity contribution in [2.75, 3.05) is 38.7 Å². The van der Waals surface area contributed by atoms with Gasteiger partial charge in [-0.05, 0) is 0 Å². The van der Waals surface area contributed by atoms with E-state index in [9.17, 15) is 8.42 Å². The highest BCUT2D eigenvalue weighted by atomic mass is 32.2. The zero-order valence-corrected chi connectivity index (χ0v) is 9.94. The molecule has 1 fully saturated rings. The van der Waals surface area contributed by atoms with Crippen molar-refractivity contribution in [1.29, 1.82) is 0 Å². The summed E-state index contributed by atoms with van der Waals surface area (Å²) in [4.78, 5) is 1.46. The summed E-state index contributed by atoms with van der Waals surface area (Å²) in [6.07, 6.45) is 2.01. The molecule has 0 saturated carbocycles. The second-order valence-electron chi connectivity index (χ2n) is 4.50. The zero-order chi connectivity index (χ0) is 10.6. The Morgan fingerprint density at radius 3 is 2.64 bits per heavy atom. The van der Waals surface area contributed by atoms with Crippen LogP contribution in [-0.4, -0.2) is 53.2 Å². The van der Waals surface area contributed by atoms with Crippen molar-refractivity contribution >= 4 is 9.84 Å². The molecule has 1 aliphatic heterocycles. The Labute approximate surface area is 86.6 Å². The maximum absolute atomic E-state index is 11.2. The van der Waals surface area contributed by atoms with Crippen molar-refractivity contribution in [2.45, 2.75) is 18.9 Å². The van der Waals surface area contributed by atoms with Crippen LogP contribution in [0.15, 0.2) is 0 Å². The first-order valence-corrected chi connectivity index (χ1v) is 7.14. The van der Waals surface area contributed by atoms with Gasteiger partial charge in [-0.25, -0.2) is 8.42 Å². The van der Waals surface area contributed by atoms with E-state index in [4.69, 9.17) is 0 Å². The van der Waals surface area contributed by atoms with Gasteiger partial charge in [-0.15, -0.1) is 0 Å². The molecule has 0 aliphatic carbocycles. The van der Waals surface area contributed by atoms with Crippen LogP contribution < -0.4 is 10.2 Å². The number of rotatable bonds is 5. The van der Waals surface area contributed by atoms with Crippen molar-refractivity contribution in [1.82, 2.24) is 0 Å². The van der Waals surface area contributed by atoms with Crippen LogP contribution in [0.2, 0.25) is 0 Å². The number of nitrogens with two attached hydrogens (primary N) is 1. The lowest BCUT2D eigenvalue weighted by molar-refractivity contribution is -0.860. The Balaban J connectivity index is 2.09. The topological polar surface area (TPSA) is 55.2 Å². The highest BCUT2D eigenvalue weighted by molar-refractivity contribution is 7.91. The average Bonchev–Trinajstić information content (AvgIpc) is 2.39. The van der Waals surface area contributed by atoms with Crippen LogP contribution in [-0.2, 0) is 9.84 Å². The lowest BCUT2D eigenvalue weighted by Gasteiger charge is -2.08. The fraction of sp³-hybridized carbons (Fsp3) is 1.00. The molecule has 4 nitrogen and oxygen atoms in total. The molecule has 0 aromatic carbocycles. The van der Waals surface area contributed by atoms with Gasteiger partial charge in [0, 0.05) is 12.8 Å². The van der Waals surface area contributed by atoms with Crippen LogP contribution in [0, 0.1) is 0 Å². The minimum Gasteiger partial charge on any atom is -0.343 e. The standard InChI is InChI=1S/C9H20N2O2S/c1-11(2)6-3-5-10-9-4-7-14(12,13)8-9/h9-10H,3-8H2,1-2H3/p+2/t9-/m0/s1. The van der Waals surface area contributed by atoms with E-state index in [1.165, 1.54) is 11.3 Å². The Morgan fingerprint density at radius 2 is 2.14 bits per heavy atom. The lowest BCUT2D eigenvalue weighted by atomic mass is 10.2. The van der Waals surface area contributed by atoms with E-state index in [1.807, 2.05) is 0 Å². The maximum atomic E-state index is 11.2. The molecule has 0 spiro atoms. The summed E-state index contributed by atoms with van der Waals surface area (Å²) in [5.41, 5.74) is 0. The van der Waals surface area contributed by atoms with E-state index < -0.39 is 9.84 Å². The van der Waals surface area contributed by atoms with E-state index in [1.54, 1.807) is 0 Å². The van der Waals surface area contributed by atoms with Gasteiger partial charge >= 0.3 is 0 Å². The minimum absolute atomic E-state index is 0.331. The molecule has 84 valence electrons. The molecule has 1 rings (SSSR count). The number of sulfone groups is 1. The van der Waals surface area contributed by atoms with Crippen LogP contribution in [0.25, 0.3) is 0 Å². The van der Waals surface area contributed by atoms with Gasteiger partial charge in [-0.2, -0.15) is 0 Å². The van der Waals surface area contributed by atoms with Crippen molar-refractivity contribution < 1.29 is 18.6 Å². The van der Waals surface area contributed by atoms with Gasteiger partial charge in [0.25, 0.3) is 0 Å². The largest absolute Gasteiger partial charge is 0.343 e. The van der Waals surface area contributed by atoms with E-state index in [2.05, 4.69) is 19.4 Å². The summed E-state index contributed by atoms with van der Waals surface area (Å²) < 4.78 is 22.3. The van der Waals surface area contributed by atoms with Crippen LogP contribution >= 0.6 is 0 Å². The van der Waals surface area contributed by atoms with E-state index in [0.717, 1.165) is 19.5 Å². The third-order valence-corrected chi connectivity index (χ3v) is 4.44. The van der Waals surface area contributed by atoms with Crippen LogP contribution in [0.4, 0.5) is 0 Å². The maximum Gasteiger partial charge on any atom is 0.156 e. The quantitative estimate of drug-likeness (QED) is 0.496. The first kappa shape index (κ1) is 11.9. The molecule has 5 heteroatoms. The van der Waals surface area contributed by atoms with Gasteiger partial charge in [0.1, 0.15) is 11.8 Å². The van der Waals surface area contributed by atoms with Gasteiger partial charge in [-0.3, -0.25) is 0 Å². The number of hydrogen-bond donors (Lipinski definition) is 2. The normalized spacial score (nSPS) is 25.8. The Kier molecular flexibility index (Phi) is 4.34. The fourth-order valence-electron chi connectivity index (χ4n) is 1.82. The first-order valence-electron chi connectivity index (χ1n) is 5.32. The molecular weight excluding hydrogens is 200 g/mol. The molecule has 3 N–H and O–H groups in total. The summed E-state index contributed by atoms with van der Waals surface area (Å²) >= 11 is 0. The molecule has 14 heavy (non-hydrogen) atoms. The highest BCUT2D eigenvalue weighted by Crippen LogP contribution is 2.07. The summed E-state index contributed by atoms with van der Waals surface area (Å²) in [5, 5.41) is 2.20. The number of hydrogen-bond acceptors (Lipinski definition) is 2. The van der Waals surface area contributed by atoms with Crippen LogP contribution in [0.1, 0.15) is 12.8 Å². The summed E-state index contributed by atoms with van der Waals surface area (Å²) in [5.74, 6) is 0.787. The number of quaternary nitrogens is 2. The third kappa shape index (κ3) is 4.39. The summed E-state index contributed by atoms with van der Waals surface area (Å²) in [6.45, 7) is 2.22. The molecule has 0 unspecified atom stereocenters. The van der Waals surface area contributed by atoms with Gasteiger partial charge in [-0.1, -0.05) is 0 Å². The number of nitrogens with one attached hydrogen (secondary N) is 1. The molecule has 0 aromatic rings. The van der Waals surface area contributed by atoms with Gasteiger partial charge in [0.05, 0.1) is 32.9 Å². The predicted molar refractivity (Wildman–Crippen MR) is 56.1 cm³/mol. The Morgan fingerprint density at radius 1 is 1.43 bits per heavy atom. The molecule has 1 aliphatic rings. The SMILES string of the molecule is C[NH+](C)CCC[NH2+][C@H]1CCS(=O)(=O)C1.